The molecule has 2 aromatic rings. The Morgan fingerprint density at radius 2 is 1.95 bits per heavy atom. The number of carbonyl (C=O) groups excluding carboxylic acids is 1. The summed E-state index contributed by atoms with van der Waals surface area (Å²) in [7, 11) is 1.51. The topological polar surface area (TPSA) is 200 Å². The molecule has 14 nitrogen and oxygen atoms in total. The molecule has 7 rings (SSSR count). The maximum Gasteiger partial charge on any atom is 0.317 e. The fourth-order valence-corrected chi connectivity index (χ4v) is 5.79. The second-order valence-corrected chi connectivity index (χ2v) is 10.7. The number of aliphatic hydroxyl groups is 4. The van der Waals surface area contributed by atoms with Crippen LogP contribution >= 0.6 is 0 Å². The molecule has 5 aliphatic heterocycles. The molecule has 1 saturated heterocycles. The van der Waals surface area contributed by atoms with Crippen LogP contribution in [0.25, 0.3) is 0 Å². The molecule has 5 heterocycles. The first-order valence-electron chi connectivity index (χ1n) is 13.8. The molecular weight excluding hydrogens is 584 g/mol. The Labute approximate surface area is 250 Å². The van der Waals surface area contributed by atoms with Crippen molar-refractivity contribution < 1.29 is 68.3 Å². The third-order valence-electron chi connectivity index (χ3n) is 8.01. The van der Waals surface area contributed by atoms with E-state index in [1.54, 1.807) is 18.2 Å². The Hall–Kier alpha value is -4.26. The minimum atomic E-state index is -2.18. The maximum absolute atomic E-state index is 11.8. The van der Waals surface area contributed by atoms with Crippen molar-refractivity contribution in [3.8, 4) is 40.6 Å². The highest BCUT2D eigenvalue weighted by molar-refractivity contribution is 5.90. The second kappa shape index (κ2) is 11.7. The Morgan fingerprint density at radius 1 is 1.14 bits per heavy atom. The third kappa shape index (κ3) is 5.12. The Morgan fingerprint density at radius 3 is 2.70 bits per heavy atom. The molecule has 0 radical (unpaired) electrons. The van der Waals surface area contributed by atoms with Crippen LogP contribution in [0.1, 0.15) is 41.6 Å². The van der Waals surface area contributed by atoms with E-state index in [0.29, 0.717) is 34.1 Å². The molecule has 0 aliphatic carbocycles. The molecule has 5 N–H and O–H groups in total. The van der Waals surface area contributed by atoms with Crippen molar-refractivity contribution >= 4 is 11.9 Å². The highest BCUT2D eigenvalue weighted by Gasteiger charge is 2.56. The van der Waals surface area contributed by atoms with E-state index in [0.717, 1.165) is 5.56 Å². The van der Waals surface area contributed by atoms with Crippen molar-refractivity contribution in [1.29, 1.82) is 0 Å². The van der Waals surface area contributed by atoms with Crippen LogP contribution in [-0.2, 0) is 19.1 Å². The molecule has 7 atom stereocenters. The van der Waals surface area contributed by atoms with Gasteiger partial charge in [-0.25, -0.2) is 0 Å². The number of esters is 1. The molecule has 0 amide bonds. The van der Waals surface area contributed by atoms with Crippen LogP contribution in [0.15, 0.2) is 24.3 Å². The Balaban J connectivity index is 1.31. The molecule has 7 unspecified atom stereocenters. The van der Waals surface area contributed by atoms with Gasteiger partial charge in [-0.3, -0.25) is 9.59 Å². The number of rotatable bonds is 8. The average Bonchev–Trinajstić information content (AvgIpc) is 3.38. The lowest BCUT2D eigenvalue weighted by molar-refractivity contribution is -0.312. The van der Waals surface area contributed by atoms with Crippen LogP contribution in [0, 0.1) is 11.8 Å². The molecule has 2 aromatic carbocycles. The van der Waals surface area contributed by atoms with Gasteiger partial charge in [0, 0.05) is 23.6 Å². The van der Waals surface area contributed by atoms with E-state index >= 15 is 0 Å². The fourth-order valence-electron chi connectivity index (χ4n) is 5.79. The van der Waals surface area contributed by atoms with Crippen molar-refractivity contribution in [3.63, 3.8) is 0 Å². The summed E-state index contributed by atoms with van der Waals surface area (Å²) in [6.07, 6.45) is -8.25. The Bertz CT molecular complexity index is 1530. The first-order chi connectivity index (χ1) is 21.1. The zero-order valence-corrected chi connectivity index (χ0v) is 23.4. The summed E-state index contributed by atoms with van der Waals surface area (Å²) in [5.41, 5.74) is -0.313. The van der Waals surface area contributed by atoms with Gasteiger partial charge >= 0.3 is 11.9 Å². The van der Waals surface area contributed by atoms with Crippen LogP contribution in [0.4, 0.5) is 0 Å². The van der Waals surface area contributed by atoms with Crippen molar-refractivity contribution in [3.05, 3.63) is 41.0 Å². The number of aliphatic hydroxyl groups excluding tert-OH is 3. The predicted octanol–water partition coefficient (Wildman–Crippen LogP) is 0.00570. The van der Waals surface area contributed by atoms with E-state index in [2.05, 4.69) is 11.8 Å². The lowest BCUT2D eigenvalue weighted by atomic mass is 9.81. The molecular formula is C30H30O14. The maximum atomic E-state index is 11.8. The Kier molecular flexibility index (Phi) is 7.91. The standard InChI is InChI=1S/C30H30O14/c1-38-18-5-4-15-17-12-40-20-10-19-14(9-16(20)25(17)44-26(15)27(18)39-8-7-31)3-2-6-30(37)21(13-41-23(34)11-22(32)33)43-29(42-19)24(35)28(30)36/h4-5,9-10,17,21,24-25,28-29,31,35-37H,6-8,11-13H2,1H3,(H,32,33). The average molecular weight is 615 g/mol. The van der Waals surface area contributed by atoms with Crippen LogP contribution < -0.4 is 23.7 Å². The largest absolute Gasteiger partial charge is 0.493 e. The van der Waals surface area contributed by atoms with E-state index in [9.17, 15) is 30.0 Å². The quantitative estimate of drug-likeness (QED) is 0.151. The zero-order chi connectivity index (χ0) is 31.2. The molecule has 0 spiro atoms. The number of carbonyl (C=O) groups is 2. The molecule has 0 saturated carbocycles. The molecule has 234 valence electrons. The normalized spacial score (nSPS) is 29.1. The lowest BCUT2D eigenvalue weighted by Crippen LogP contribution is -2.68. The summed E-state index contributed by atoms with van der Waals surface area (Å²) in [4.78, 5) is 22.6. The molecule has 1 fully saturated rings. The number of ether oxygens (including phenoxy) is 7. The van der Waals surface area contributed by atoms with Crippen molar-refractivity contribution in [2.45, 2.75) is 55.1 Å². The number of methoxy groups -OCH3 is 1. The summed E-state index contributed by atoms with van der Waals surface area (Å²) < 4.78 is 40.4. The molecule has 14 heteroatoms. The monoisotopic (exact) mass is 614 g/mol. The van der Waals surface area contributed by atoms with Gasteiger partial charge in [-0.1, -0.05) is 17.9 Å². The zero-order valence-electron chi connectivity index (χ0n) is 23.4. The number of hydrogen-bond donors (Lipinski definition) is 5. The van der Waals surface area contributed by atoms with Crippen molar-refractivity contribution in [2.24, 2.45) is 0 Å². The SMILES string of the molecule is COc1ccc2c(c1OCCO)OC1c3cc4c(cc3OCC21)OC1OC(COC(=O)CC(=O)O)C(O)(CC#C4)C(O)C1O. The first kappa shape index (κ1) is 29.8. The van der Waals surface area contributed by atoms with Crippen LogP contribution in [0.5, 0.6) is 28.7 Å². The van der Waals surface area contributed by atoms with Gasteiger partial charge in [-0.15, -0.1) is 0 Å². The number of aliphatic carboxylic acids is 1. The van der Waals surface area contributed by atoms with Gasteiger partial charge < -0.3 is 58.7 Å². The minimum absolute atomic E-state index is 0.0424. The van der Waals surface area contributed by atoms with Gasteiger partial charge in [0.2, 0.25) is 12.0 Å². The summed E-state index contributed by atoms with van der Waals surface area (Å²) in [5.74, 6) is 4.94. The van der Waals surface area contributed by atoms with Crippen molar-refractivity contribution in [2.75, 3.05) is 33.5 Å². The van der Waals surface area contributed by atoms with E-state index in [1.165, 1.54) is 7.11 Å². The number of fused-ring (bicyclic) bond motifs is 8. The highest BCUT2D eigenvalue weighted by Crippen LogP contribution is 2.57. The summed E-state index contributed by atoms with van der Waals surface area (Å²) in [6.45, 7) is -0.526. The van der Waals surface area contributed by atoms with Gasteiger partial charge in [0.15, 0.2) is 11.5 Å². The summed E-state index contributed by atoms with van der Waals surface area (Å²) >= 11 is 0. The van der Waals surface area contributed by atoms with E-state index < -0.39 is 67.7 Å². The number of carboxylic acids is 1. The van der Waals surface area contributed by atoms with Gasteiger partial charge in [-0.05, 0) is 12.1 Å². The molecule has 5 aliphatic rings. The van der Waals surface area contributed by atoms with Crippen LogP contribution in [0.3, 0.4) is 0 Å². The van der Waals surface area contributed by atoms with Gasteiger partial charge in [0.05, 0.1) is 31.8 Å². The lowest BCUT2D eigenvalue weighted by Gasteiger charge is -2.47. The van der Waals surface area contributed by atoms with E-state index in [4.69, 9.17) is 38.3 Å². The van der Waals surface area contributed by atoms with Crippen molar-refractivity contribution in [1.82, 2.24) is 0 Å². The van der Waals surface area contributed by atoms with E-state index in [-0.39, 0.29) is 31.5 Å². The number of carboxylic acid groups (broad SMARTS) is 1. The van der Waals surface area contributed by atoms with Crippen LogP contribution in [-0.4, -0.2) is 101 Å². The third-order valence-corrected chi connectivity index (χ3v) is 8.01. The predicted molar refractivity (Wildman–Crippen MR) is 145 cm³/mol. The minimum Gasteiger partial charge on any atom is -0.493 e. The van der Waals surface area contributed by atoms with Gasteiger partial charge in [0.1, 0.15) is 61.2 Å². The van der Waals surface area contributed by atoms with Gasteiger partial charge in [0.25, 0.3) is 0 Å². The molecule has 0 aromatic heterocycles. The van der Waals surface area contributed by atoms with E-state index in [1.807, 2.05) is 6.07 Å². The summed E-state index contributed by atoms with van der Waals surface area (Å²) in [5, 5.41) is 51.1. The summed E-state index contributed by atoms with van der Waals surface area (Å²) in [6, 6.07) is 6.93. The molecule has 2 bridgehead atoms. The van der Waals surface area contributed by atoms with Gasteiger partial charge in [-0.2, -0.15) is 0 Å². The molecule has 44 heavy (non-hydrogen) atoms. The smallest absolute Gasteiger partial charge is 0.317 e. The fraction of sp³-hybridized carbons (Fsp3) is 0.467. The number of hydrogen-bond acceptors (Lipinski definition) is 13. The highest BCUT2D eigenvalue weighted by atomic mass is 16.7. The first-order valence-corrected chi connectivity index (χ1v) is 13.8. The van der Waals surface area contributed by atoms with Crippen LogP contribution in [0.2, 0.25) is 0 Å². The second-order valence-electron chi connectivity index (χ2n) is 10.7. The number of benzene rings is 2.